The third kappa shape index (κ3) is 4.24. The average Bonchev–Trinajstić information content (AvgIpc) is 2.55. The summed E-state index contributed by atoms with van der Waals surface area (Å²) in [6, 6.07) is 6.47. The lowest BCUT2D eigenvalue weighted by molar-refractivity contribution is 0.175. The Kier molecular flexibility index (Phi) is 5.54. The highest BCUT2D eigenvalue weighted by molar-refractivity contribution is 5.53. The first-order valence-corrected chi connectivity index (χ1v) is 9.08. The fraction of sp³-hybridized carbons (Fsp3) is 0.684. The number of hydrogen-bond donors (Lipinski definition) is 1. The predicted octanol–water partition coefficient (Wildman–Crippen LogP) is 3.18. The molecular formula is C19H30FN3. The Morgan fingerprint density at radius 2 is 1.91 bits per heavy atom. The molecule has 3 nitrogen and oxygen atoms in total. The van der Waals surface area contributed by atoms with E-state index >= 15 is 0 Å². The van der Waals surface area contributed by atoms with Crippen molar-refractivity contribution in [2.24, 2.45) is 0 Å². The molecule has 3 rings (SSSR count). The van der Waals surface area contributed by atoms with Crippen LogP contribution in [0.1, 0.15) is 37.7 Å². The van der Waals surface area contributed by atoms with Crippen LogP contribution in [0.5, 0.6) is 0 Å². The summed E-state index contributed by atoms with van der Waals surface area (Å²) in [4.78, 5) is 4.91. The highest BCUT2D eigenvalue weighted by atomic mass is 19.1. The lowest BCUT2D eigenvalue weighted by atomic mass is 10.00. The summed E-state index contributed by atoms with van der Waals surface area (Å²) < 4.78 is 13.3. The molecular weight excluding hydrogens is 289 g/mol. The maximum atomic E-state index is 13.3. The van der Waals surface area contributed by atoms with E-state index in [9.17, 15) is 4.39 Å². The van der Waals surface area contributed by atoms with Gasteiger partial charge in [-0.2, -0.15) is 0 Å². The summed E-state index contributed by atoms with van der Waals surface area (Å²) in [7, 11) is 2.26. The summed E-state index contributed by atoms with van der Waals surface area (Å²) in [6.07, 6.45) is 6.40. The second kappa shape index (κ2) is 7.63. The minimum Gasteiger partial charge on any atom is -0.371 e. The minimum absolute atomic E-state index is 0.139. The molecule has 2 aliphatic heterocycles. The summed E-state index contributed by atoms with van der Waals surface area (Å²) >= 11 is 0. The third-order valence-corrected chi connectivity index (χ3v) is 5.56. The van der Waals surface area contributed by atoms with Crippen LogP contribution in [0, 0.1) is 12.7 Å². The van der Waals surface area contributed by atoms with Crippen LogP contribution in [-0.2, 0) is 0 Å². The van der Waals surface area contributed by atoms with Gasteiger partial charge in [-0.05, 0) is 70.0 Å². The predicted molar refractivity (Wildman–Crippen MR) is 94.6 cm³/mol. The zero-order valence-corrected chi connectivity index (χ0v) is 14.5. The largest absolute Gasteiger partial charge is 0.371 e. The van der Waals surface area contributed by atoms with Gasteiger partial charge in [0.1, 0.15) is 5.82 Å². The maximum Gasteiger partial charge on any atom is 0.123 e. The topological polar surface area (TPSA) is 18.5 Å². The van der Waals surface area contributed by atoms with Gasteiger partial charge >= 0.3 is 0 Å². The molecule has 0 aromatic heterocycles. The fourth-order valence-corrected chi connectivity index (χ4v) is 4.00. The summed E-state index contributed by atoms with van der Waals surface area (Å²) in [6.45, 7) is 6.49. The number of nitrogens with one attached hydrogen (secondary N) is 1. The molecule has 1 atom stereocenters. The van der Waals surface area contributed by atoms with Gasteiger partial charge in [-0.25, -0.2) is 4.39 Å². The highest BCUT2D eigenvalue weighted by Crippen LogP contribution is 2.24. The molecule has 0 amide bonds. The van der Waals surface area contributed by atoms with Crippen LogP contribution in [0.25, 0.3) is 0 Å². The van der Waals surface area contributed by atoms with E-state index in [2.05, 4.69) is 22.2 Å². The van der Waals surface area contributed by atoms with E-state index in [0.717, 1.165) is 25.2 Å². The van der Waals surface area contributed by atoms with E-state index in [0.29, 0.717) is 12.1 Å². The molecule has 0 bridgehead atoms. The van der Waals surface area contributed by atoms with Crippen LogP contribution >= 0.6 is 0 Å². The lowest BCUT2D eigenvalue weighted by Crippen LogP contribution is -2.49. The van der Waals surface area contributed by atoms with Crippen molar-refractivity contribution < 1.29 is 4.39 Å². The Morgan fingerprint density at radius 3 is 2.61 bits per heavy atom. The van der Waals surface area contributed by atoms with E-state index in [1.54, 1.807) is 12.1 Å². The molecule has 23 heavy (non-hydrogen) atoms. The van der Waals surface area contributed by atoms with Crippen LogP contribution in [0.15, 0.2) is 18.2 Å². The molecule has 1 unspecified atom stereocenters. The van der Waals surface area contributed by atoms with Gasteiger partial charge in [0.2, 0.25) is 0 Å². The Balaban J connectivity index is 1.46. The highest BCUT2D eigenvalue weighted by Gasteiger charge is 2.23. The van der Waals surface area contributed by atoms with Crippen LogP contribution in [-0.4, -0.2) is 50.2 Å². The standard InChI is InChI=1S/C19H30FN3/c1-15-13-16(20)6-7-19(15)23-11-8-17(9-12-23)21-14-18-5-3-4-10-22(18)2/h6-7,13,17-18,21H,3-5,8-12,14H2,1-2H3. The van der Waals surface area contributed by atoms with Crippen molar-refractivity contribution >= 4 is 5.69 Å². The molecule has 128 valence electrons. The van der Waals surface area contributed by atoms with Crippen molar-refractivity contribution in [1.82, 2.24) is 10.2 Å². The van der Waals surface area contributed by atoms with Gasteiger partial charge in [0, 0.05) is 37.4 Å². The van der Waals surface area contributed by atoms with Gasteiger partial charge in [0.05, 0.1) is 0 Å². The van der Waals surface area contributed by atoms with Gasteiger partial charge < -0.3 is 15.1 Å². The number of likely N-dealkylation sites (tertiary alicyclic amines) is 1. The molecule has 2 fully saturated rings. The molecule has 2 heterocycles. The van der Waals surface area contributed by atoms with Gasteiger partial charge in [-0.3, -0.25) is 0 Å². The van der Waals surface area contributed by atoms with Crippen LogP contribution in [0.3, 0.4) is 0 Å². The Hall–Kier alpha value is -1.13. The third-order valence-electron chi connectivity index (χ3n) is 5.56. The smallest absolute Gasteiger partial charge is 0.123 e. The second-order valence-corrected chi connectivity index (χ2v) is 7.23. The van der Waals surface area contributed by atoms with Crippen molar-refractivity contribution in [2.75, 3.05) is 38.1 Å². The fourth-order valence-electron chi connectivity index (χ4n) is 4.00. The average molecular weight is 319 g/mol. The summed E-state index contributed by atoms with van der Waals surface area (Å²) in [5.41, 5.74) is 2.23. The number of nitrogens with zero attached hydrogens (tertiary/aromatic N) is 2. The number of benzene rings is 1. The lowest BCUT2D eigenvalue weighted by Gasteiger charge is -2.37. The molecule has 0 aliphatic carbocycles. The SMILES string of the molecule is Cc1cc(F)ccc1N1CCC(NCC2CCCCN2C)CC1. The number of piperidine rings is 2. The summed E-state index contributed by atoms with van der Waals surface area (Å²) in [5.74, 6) is -0.139. The first kappa shape index (κ1) is 16.7. The van der Waals surface area contributed by atoms with Crippen molar-refractivity contribution in [3.63, 3.8) is 0 Å². The van der Waals surface area contributed by atoms with Crippen molar-refractivity contribution in [2.45, 2.75) is 51.1 Å². The van der Waals surface area contributed by atoms with Gasteiger partial charge in [-0.1, -0.05) is 6.42 Å². The number of hydrogen-bond acceptors (Lipinski definition) is 3. The number of likely N-dealkylation sites (N-methyl/N-ethyl adjacent to an activating group) is 1. The van der Waals surface area contributed by atoms with E-state index in [-0.39, 0.29) is 5.82 Å². The molecule has 1 aromatic carbocycles. The zero-order chi connectivity index (χ0) is 16.2. The van der Waals surface area contributed by atoms with Crippen LogP contribution < -0.4 is 10.2 Å². The molecule has 2 aliphatic rings. The minimum atomic E-state index is -0.139. The normalized spacial score (nSPS) is 24.1. The van der Waals surface area contributed by atoms with Crippen molar-refractivity contribution in [1.29, 1.82) is 0 Å². The van der Waals surface area contributed by atoms with Gasteiger partial charge in [-0.15, -0.1) is 0 Å². The van der Waals surface area contributed by atoms with Gasteiger partial charge in [0.25, 0.3) is 0 Å². The first-order chi connectivity index (χ1) is 11.1. The summed E-state index contributed by atoms with van der Waals surface area (Å²) in [5, 5.41) is 3.79. The van der Waals surface area contributed by atoms with Crippen molar-refractivity contribution in [3.8, 4) is 0 Å². The van der Waals surface area contributed by atoms with Gasteiger partial charge in [0.15, 0.2) is 0 Å². The number of rotatable bonds is 4. The van der Waals surface area contributed by atoms with E-state index < -0.39 is 0 Å². The van der Waals surface area contributed by atoms with Crippen molar-refractivity contribution in [3.05, 3.63) is 29.6 Å². The van der Waals surface area contributed by atoms with E-state index in [1.165, 1.54) is 44.3 Å². The number of aryl methyl sites for hydroxylation is 1. The Labute approximate surface area is 139 Å². The number of halogens is 1. The van der Waals surface area contributed by atoms with Crippen LogP contribution in [0.4, 0.5) is 10.1 Å². The van der Waals surface area contributed by atoms with E-state index in [1.807, 2.05) is 13.0 Å². The molecule has 0 radical (unpaired) electrons. The molecule has 1 aromatic rings. The second-order valence-electron chi connectivity index (χ2n) is 7.23. The molecule has 0 saturated carbocycles. The Bertz CT molecular complexity index is 511. The zero-order valence-electron chi connectivity index (χ0n) is 14.5. The molecule has 4 heteroatoms. The first-order valence-electron chi connectivity index (χ1n) is 9.08. The Morgan fingerprint density at radius 1 is 1.13 bits per heavy atom. The van der Waals surface area contributed by atoms with E-state index in [4.69, 9.17) is 0 Å². The maximum absolute atomic E-state index is 13.3. The monoisotopic (exact) mass is 319 g/mol. The molecule has 2 saturated heterocycles. The number of anilines is 1. The molecule has 0 spiro atoms. The van der Waals surface area contributed by atoms with Crippen LogP contribution in [0.2, 0.25) is 0 Å². The quantitative estimate of drug-likeness (QED) is 0.919. The molecule has 1 N–H and O–H groups in total.